The van der Waals surface area contributed by atoms with Gasteiger partial charge in [-0.25, -0.2) is 4.98 Å². The van der Waals surface area contributed by atoms with Crippen molar-refractivity contribution in [1.29, 1.82) is 0 Å². The predicted octanol–water partition coefficient (Wildman–Crippen LogP) is 3.77. The van der Waals surface area contributed by atoms with Crippen LogP contribution in [0.3, 0.4) is 0 Å². The van der Waals surface area contributed by atoms with E-state index in [1.54, 1.807) is 24.4 Å². The fraction of sp³-hybridized carbons (Fsp3) is 0.174. The molecule has 0 unspecified atom stereocenters. The minimum Gasteiger partial charge on any atom is -0.436 e. The highest BCUT2D eigenvalue weighted by Crippen LogP contribution is 2.38. The van der Waals surface area contributed by atoms with Crippen molar-refractivity contribution >= 4 is 17.5 Å². The number of rotatable bonds is 4. The lowest BCUT2D eigenvalue weighted by atomic mass is 10.1. The molecule has 1 aromatic heterocycles. The third kappa shape index (κ3) is 3.96. The summed E-state index contributed by atoms with van der Waals surface area (Å²) in [5.41, 5.74) is 3.98. The molecule has 6 nitrogen and oxygen atoms in total. The minimum atomic E-state index is -0.317. The maximum atomic E-state index is 13.2. The Morgan fingerprint density at radius 1 is 1.07 bits per heavy atom. The largest absolute Gasteiger partial charge is 0.436 e. The Morgan fingerprint density at radius 3 is 2.72 bits per heavy atom. The molecule has 0 aliphatic carbocycles. The van der Waals surface area contributed by atoms with Crippen molar-refractivity contribution in [1.82, 2.24) is 10.3 Å². The standard InChI is InChI=1S/C23H21N3O3/c1-15-5-3-6-17(11-15)13-25-21(27)14-26-19-12-16(2)8-9-20(19)29-22-18(23(26)28)7-4-10-24-22/h3-12H,13-14H2,1-2H3,(H,25,27). The molecule has 0 bridgehead atoms. The first-order chi connectivity index (χ1) is 14.0. The van der Waals surface area contributed by atoms with Crippen LogP contribution in [0.15, 0.2) is 60.8 Å². The number of nitrogens with one attached hydrogen (secondary N) is 1. The highest BCUT2D eigenvalue weighted by molar-refractivity contribution is 6.11. The van der Waals surface area contributed by atoms with Gasteiger partial charge in [0.2, 0.25) is 11.8 Å². The minimum absolute atomic E-state index is 0.112. The number of hydrogen-bond donors (Lipinski definition) is 1. The monoisotopic (exact) mass is 387 g/mol. The van der Waals surface area contributed by atoms with Crippen LogP contribution >= 0.6 is 0 Å². The number of nitrogens with zero attached hydrogens (tertiary/aromatic N) is 2. The smallest absolute Gasteiger partial charge is 0.264 e. The van der Waals surface area contributed by atoms with Crippen LogP contribution in [0.1, 0.15) is 27.0 Å². The Bertz CT molecular complexity index is 1090. The molecule has 146 valence electrons. The molecule has 1 aliphatic rings. The maximum absolute atomic E-state index is 13.2. The molecule has 0 radical (unpaired) electrons. The van der Waals surface area contributed by atoms with Gasteiger partial charge in [0, 0.05) is 12.7 Å². The van der Waals surface area contributed by atoms with Gasteiger partial charge in [-0.2, -0.15) is 0 Å². The van der Waals surface area contributed by atoms with Crippen molar-refractivity contribution < 1.29 is 14.3 Å². The Balaban J connectivity index is 1.60. The van der Waals surface area contributed by atoms with Gasteiger partial charge in [-0.15, -0.1) is 0 Å². The van der Waals surface area contributed by atoms with E-state index in [1.807, 2.05) is 50.2 Å². The average Bonchev–Trinajstić information content (AvgIpc) is 2.82. The molecule has 2 heterocycles. The first-order valence-corrected chi connectivity index (χ1v) is 9.39. The summed E-state index contributed by atoms with van der Waals surface area (Å²) in [6.45, 7) is 4.22. The topological polar surface area (TPSA) is 71.5 Å². The van der Waals surface area contributed by atoms with Gasteiger partial charge in [-0.1, -0.05) is 35.9 Å². The van der Waals surface area contributed by atoms with E-state index in [9.17, 15) is 9.59 Å². The molecule has 0 atom stereocenters. The summed E-state index contributed by atoms with van der Waals surface area (Å²) in [5, 5.41) is 2.89. The van der Waals surface area contributed by atoms with Crippen molar-refractivity contribution in [2.75, 3.05) is 11.4 Å². The van der Waals surface area contributed by atoms with Crippen LogP contribution in [-0.2, 0) is 11.3 Å². The van der Waals surface area contributed by atoms with Crippen LogP contribution in [0.5, 0.6) is 11.6 Å². The number of aromatic nitrogens is 1. The fourth-order valence-electron chi connectivity index (χ4n) is 3.30. The van der Waals surface area contributed by atoms with Crippen LogP contribution in [0.4, 0.5) is 5.69 Å². The molecule has 0 saturated carbocycles. The normalized spacial score (nSPS) is 12.5. The molecular weight excluding hydrogens is 366 g/mol. The Morgan fingerprint density at radius 2 is 1.90 bits per heavy atom. The molecule has 29 heavy (non-hydrogen) atoms. The number of anilines is 1. The number of aryl methyl sites for hydroxylation is 2. The number of amides is 2. The number of carbonyl (C=O) groups is 2. The van der Waals surface area contributed by atoms with E-state index in [2.05, 4.69) is 10.3 Å². The zero-order chi connectivity index (χ0) is 20.4. The fourth-order valence-corrected chi connectivity index (χ4v) is 3.30. The van der Waals surface area contributed by atoms with Gasteiger partial charge in [0.25, 0.3) is 5.91 Å². The third-order valence-electron chi connectivity index (χ3n) is 4.73. The van der Waals surface area contributed by atoms with E-state index in [-0.39, 0.29) is 24.2 Å². The lowest BCUT2D eigenvalue weighted by Crippen LogP contribution is -2.40. The summed E-state index contributed by atoms with van der Waals surface area (Å²) in [7, 11) is 0. The maximum Gasteiger partial charge on any atom is 0.264 e. The predicted molar refractivity (Wildman–Crippen MR) is 110 cm³/mol. The molecule has 0 spiro atoms. The van der Waals surface area contributed by atoms with Gasteiger partial charge in [0.15, 0.2) is 5.75 Å². The van der Waals surface area contributed by atoms with Gasteiger partial charge >= 0.3 is 0 Å². The van der Waals surface area contributed by atoms with Crippen LogP contribution in [0.2, 0.25) is 0 Å². The summed E-state index contributed by atoms with van der Waals surface area (Å²) in [4.78, 5) is 31.5. The second kappa shape index (κ2) is 7.75. The van der Waals surface area contributed by atoms with Gasteiger partial charge in [-0.3, -0.25) is 14.5 Å². The van der Waals surface area contributed by atoms with E-state index in [4.69, 9.17) is 4.74 Å². The Hall–Kier alpha value is -3.67. The molecule has 1 aliphatic heterocycles. The van der Waals surface area contributed by atoms with E-state index in [0.29, 0.717) is 23.5 Å². The van der Waals surface area contributed by atoms with Crippen LogP contribution in [-0.4, -0.2) is 23.3 Å². The molecule has 0 fully saturated rings. The number of hydrogen-bond acceptors (Lipinski definition) is 4. The summed E-state index contributed by atoms with van der Waals surface area (Å²) in [6, 6.07) is 16.8. The van der Waals surface area contributed by atoms with E-state index in [0.717, 1.165) is 16.7 Å². The number of carbonyl (C=O) groups excluding carboxylic acids is 2. The molecule has 4 rings (SSSR count). The summed E-state index contributed by atoms with van der Waals surface area (Å²) in [5.74, 6) is 0.168. The second-order valence-electron chi connectivity index (χ2n) is 7.09. The van der Waals surface area contributed by atoms with Crippen LogP contribution in [0.25, 0.3) is 0 Å². The number of ether oxygens (including phenoxy) is 1. The van der Waals surface area contributed by atoms with Crippen LogP contribution in [0, 0.1) is 13.8 Å². The SMILES string of the molecule is Cc1cccc(CNC(=O)CN2C(=O)c3cccnc3Oc3ccc(C)cc32)c1. The van der Waals surface area contributed by atoms with Crippen LogP contribution < -0.4 is 15.0 Å². The summed E-state index contributed by atoms with van der Waals surface area (Å²) < 4.78 is 5.88. The van der Waals surface area contributed by atoms with Gasteiger partial charge in [0.1, 0.15) is 12.1 Å². The second-order valence-corrected chi connectivity index (χ2v) is 7.09. The molecule has 6 heteroatoms. The quantitative estimate of drug-likeness (QED) is 0.740. The Kier molecular flexibility index (Phi) is 4.99. The van der Waals surface area contributed by atoms with Crippen molar-refractivity contribution in [2.45, 2.75) is 20.4 Å². The zero-order valence-electron chi connectivity index (χ0n) is 16.3. The first kappa shape index (κ1) is 18.7. The van der Waals surface area contributed by atoms with Gasteiger partial charge in [-0.05, 0) is 49.2 Å². The highest BCUT2D eigenvalue weighted by atomic mass is 16.5. The molecular formula is C23H21N3O3. The van der Waals surface area contributed by atoms with Gasteiger partial charge in [0.05, 0.1) is 5.69 Å². The highest BCUT2D eigenvalue weighted by Gasteiger charge is 2.30. The summed E-state index contributed by atoms with van der Waals surface area (Å²) in [6.07, 6.45) is 1.57. The third-order valence-corrected chi connectivity index (χ3v) is 4.73. The van der Waals surface area contributed by atoms with Crippen molar-refractivity contribution in [3.63, 3.8) is 0 Å². The molecule has 2 amide bonds. The van der Waals surface area contributed by atoms with E-state index >= 15 is 0 Å². The van der Waals surface area contributed by atoms with E-state index in [1.165, 1.54) is 4.90 Å². The van der Waals surface area contributed by atoms with Gasteiger partial charge < -0.3 is 10.1 Å². The lowest BCUT2D eigenvalue weighted by Gasteiger charge is -2.22. The molecule has 3 aromatic rings. The first-order valence-electron chi connectivity index (χ1n) is 9.39. The number of pyridine rings is 1. The van der Waals surface area contributed by atoms with Crippen molar-refractivity contribution in [3.8, 4) is 11.6 Å². The Labute approximate surface area is 169 Å². The number of benzene rings is 2. The lowest BCUT2D eigenvalue weighted by molar-refractivity contribution is -0.119. The number of fused-ring (bicyclic) bond motifs is 2. The summed E-state index contributed by atoms with van der Waals surface area (Å²) >= 11 is 0. The average molecular weight is 387 g/mol. The zero-order valence-corrected chi connectivity index (χ0v) is 16.3. The molecule has 0 saturated heterocycles. The van der Waals surface area contributed by atoms with E-state index < -0.39 is 0 Å². The molecule has 2 aromatic carbocycles. The van der Waals surface area contributed by atoms with Crippen molar-refractivity contribution in [3.05, 3.63) is 83.0 Å². The molecule has 1 N–H and O–H groups in total. The van der Waals surface area contributed by atoms with Crippen molar-refractivity contribution in [2.24, 2.45) is 0 Å².